The Kier molecular flexibility index (Phi) is 6.24. The number of fused-ring (bicyclic) bond motifs is 8. The minimum Gasteiger partial charge on any atom is -0.521 e. The summed E-state index contributed by atoms with van der Waals surface area (Å²) in [7, 11) is 0. The summed E-state index contributed by atoms with van der Waals surface area (Å²) < 4.78 is 0. The Morgan fingerprint density at radius 3 is 1.70 bits per heavy atom. The molecule has 0 fully saturated rings. The summed E-state index contributed by atoms with van der Waals surface area (Å²) in [5.74, 6) is -6.74. The van der Waals surface area contributed by atoms with E-state index in [2.05, 4.69) is 26.0 Å². The van der Waals surface area contributed by atoms with E-state index in [0.717, 1.165) is 0 Å². The zero-order valence-corrected chi connectivity index (χ0v) is 19.2. The van der Waals surface area contributed by atoms with Gasteiger partial charge in [0.25, 0.3) is 0 Å². The van der Waals surface area contributed by atoms with Gasteiger partial charge in [0.15, 0.2) is 0 Å². The summed E-state index contributed by atoms with van der Waals surface area (Å²) in [6.07, 6.45) is 2.51. The predicted molar refractivity (Wildman–Crippen MR) is 123 cm³/mol. The van der Waals surface area contributed by atoms with Crippen LogP contribution >= 0.6 is 0 Å². The van der Waals surface area contributed by atoms with Crippen LogP contribution in [0.1, 0.15) is 33.1 Å². The van der Waals surface area contributed by atoms with E-state index in [9.17, 15) is 39.6 Å². The van der Waals surface area contributed by atoms with Crippen LogP contribution < -0.4 is 0 Å². The smallest absolute Gasteiger partial charge is 0.338 e. The van der Waals surface area contributed by atoms with E-state index in [4.69, 9.17) is 0 Å². The Morgan fingerprint density at radius 1 is 0.649 bits per heavy atom. The molecule has 13 heteroatoms. The Labute approximate surface area is 215 Å². The molecule has 0 amide bonds. The van der Waals surface area contributed by atoms with E-state index in [1.54, 1.807) is 30.3 Å². The van der Waals surface area contributed by atoms with E-state index in [1.165, 1.54) is 12.1 Å². The van der Waals surface area contributed by atoms with Crippen molar-refractivity contribution >= 4 is 62.7 Å². The first kappa shape index (κ1) is 25.1. The van der Waals surface area contributed by atoms with Gasteiger partial charge >= 0.3 is 17.9 Å². The molecule has 3 aromatic heterocycles. The number of aromatic amines is 2. The Morgan fingerprint density at radius 2 is 1.19 bits per heavy atom. The average molecular weight is 544 g/mol. The quantitative estimate of drug-likeness (QED) is 0.209. The maximum atomic E-state index is 12.3. The topological polar surface area (TPSA) is 207 Å². The van der Waals surface area contributed by atoms with Crippen LogP contribution in [0, 0.1) is 6.08 Å². The molecule has 8 bridgehead atoms. The Bertz CT molecular complexity index is 1760. The third-order valence-corrected chi connectivity index (χ3v) is 5.38. The average Bonchev–Trinajstić information content (AvgIpc) is 3.56. The molecule has 12 nitrogen and oxygen atoms in total. The van der Waals surface area contributed by atoms with Crippen LogP contribution in [0.5, 0.6) is 0 Å². The number of aromatic carboxylic acids is 1. The molecule has 0 spiro atoms. The molecule has 188 valence electrons. The number of rotatable bonds is 4. The Balaban J connectivity index is 0.00000320. The SMILES string of the molecule is O=C(O)C1=[C-]c2cc3ccc(cc4ccc(cc5nc(c(C(=O)O)c1n2)C(C(=O)O)=C5C(=O)O)[nH]4)[nH]3.[Ni]. The molecule has 5 rings (SSSR count). The van der Waals surface area contributed by atoms with Crippen molar-refractivity contribution in [2.75, 3.05) is 0 Å². The van der Waals surface area contributed by atoms with Crippen molar-refractivity contribution < 1.29 is 56.1 Å². The third-order valence-electron chi connectivity index (χ3n) is 5.38. The number of carboxylic acid groups (broad SMARTS) is 4. The van der Waals surface area contributed by atoms with Crippen molar-refractivity contribution in [1.82, 2.24) is 19.9 Å². The van der Waals surface area contributed by atoms with E-state index >= 15 is 0 Å². The number of H-pyrrole nitrogens is 2. The van der Waals surface area contributed by atoms with Gasteiger partial charge < -0.3 is 40.2 Å². The van der Waals surface area contributed by atoms with Crippen LogP contribution in [0.15, 0.2) is 42.5 Å². The van der Waals surface area contributed by atoms with Gasteiger partial charge in [-0.15, -0.1) is 6.08 Å². The monoisotopic (exact) mass is 543 g/mol. The predicted octanol–water partition coefficient (Wildman–Crippen LogP) is 2.41. The standard InChI is InChI=1S/C24H13N4O8.Ni/c29-21(30)14-7-13-6-11-2-1-9(25-11)5-10-3-4-12(26-10)8-15-16(22(31)32)17(23(33)34)20(28-15)18(24(35)36)19(14)27-13;/h1-6,8,25-26H,(H,29,30)(H,31,32)(H,33,34)(H,35,36);/q-1;. The third kappa shape index (κ3) is 4.39. The van der Waals surface area contributed by atoms with Crippen molar-refractivity contribution in [3.63, 3.8) is 0 Å². The van der Waals surface area contributed by atoms with Crippen molar-refractivity contribution in [2.45, 2.75) is 0 Å². The maximum Gasteiger partial charge on any atom is 0.338 e. The maximum absolute atomic E-state index is 12.3. The molecular formula is C24H13N4NiO8-. The molecule has 0 radical (unpaired) electrons. The van der Waals surface area contributed by atoms with Crippen LogP contribution in [0.25, 0.3) is 38.8 Å². The van der Waals surface area contributed by atoms with Crippen molar-refractivity contribution in [2.24, 2.45) is 0 Å². The van der Waals surface area contributed by atoms with Gasteiger partial charge in [-0.05, 0) is 53.2 Å². The number of hydrogen-bond donors (Lipinski definition) is 6. The number of carbonyl (C=O) groups is 4. The normalized spacial score (nSPS) is 12.5. The van der Waals surface area contributed by atoms with Gasteiger partial charge in [0.1, 0.15) is 11.1 Å². The zero-order valence-electron chi connectivity index (χ0n) is 18.2. The van der Waals surface area contributed by atoms with Crippen molar-refractivity contribution in [1.29, 1.82) is 0 Å². The van der Waals surface area contributed by atoms with Crippen LogP contribution in [0.2, 0.25) is 0 Å². The summed E-state index contributed by atoms with van der Waals surface area (Å²) in [6.45, 7) is 0. The van der Waals surface area contributed by atoms with Crippen molar-refractivity contribution in [3.05, 3.63) is 76.9 Å². The fourth-order valence-electron chi connectivity index (χ4n) is 3.96. The molecule has 2 aliphatic rings. The molecule has 3 aromatic rings. The summed E-state index contributed by atoms with van der Waals surface area (Å²) in [6, 6.07) is 11.2. The number of aromatic nitrogens is 4. The van der Waals surface area contributed by atoms with Gasteiger partial charge in [-0.3, -0.25) is 0 Å². The van der Waals surface area contributed by atoms with Crippen LogP contribution in [-0.4, -0.2) is 64.2 Å². The van der Waals surface area contributed by atoms with E-state index < -0.39 is 57.5 Å². The van der Waals surface area contributed by atoms with Gasteiger partial charge in [-0.1, -0.05) is 6.07 Å². The zero-order chi connectivity index (χ0) is 25.7. The van der Waals surface area contributed by atoms with Crippen molar-refractivity contribution in [3.8, 4) is 0 Å². The van der Waals surface area contributed by atoms with Gasteiger partial charge in [0, 0.05) is 38.7 Å². The van der Waals surface area contributed by atoms with E-state index in [0.29, 0.717) is 22.1 Å². The summed E-state index contributed by atoms with van der Waals surface area (Å²) in [4.78, 5) is 62.7. The van der Waals surface area contributed by atoms with E-state index in [1.807, 2.05) is 0 Å². The molecule has 0 atom stereocenters. The minimum absolute atomic E-state index is 0. The first-order chi connectivity index (χ1) is 17.1. The molecule has 37 heavy (non-hydrogen) atoms. The van der Waals surface area contributed by atoms with Crippen LogP contribution in [-0.2, 0) is 30.9 Å². The summed E-state index contributed by atoms with van der Waals surface area (Å²) >= 11 is 0. The summed E-state index contributed by atoms with van der Waals surface area (Å²) in [5.41, 5.74) is -2.78. The number of nitrogens with zero attached hydrogens (tertiary/aromatic N) is 2. The molecular weight excluding hydrogens is 531 g/mol. The number of hydrogen-bond acceptors (Lipinski definition) is 6. The van der Waals surface area contributed by atoms with E-state index in [-0.39, 0.29) is 27.9 Å². The largest absolute Gasteiger partial charge is 0.521 e. The van der Waals surface area contributed by atoms with Crippen LogP contribution in [0.3, 0.4) is 0 Å². The molecule has 6 N–H and O–H groups in total. The molecule has 2 aliphatic heterocycles. The Hall–Kier alpha value is -5.03. The molecule has 0 aliphatic carbocycles. The molecule has 0 unspecified atom stereocenters. The van der Waals surface area contributed by atoms with Crippen LogP contribution in [0.4, 0.5) is 0 Å². The second kappa shape index (κ2) is 9.21. The first-order valence-corrected chi connectivity index (χ1v) is 10.2. The number of aliphatic carboxylic acids is 3. The number of nitrogens with one attached hydrogen (secondary N) is 2. The molecule has 0 saturated carbocycles. The second-order valence-corrected chi connectivity index (χ2v) is 7.71. The fraction of sp³-hybridized carbons (Fsp3) is 0. The number of carboxylic acids is 4. The molecule has 0 aromatic carbocycles. The fourth-order valence-corrected chi connectivity index (χ4v) is 3.96. The van der Waals surface area contributed by atoms with Gasteiger partial charge in [0.05, 0.1) is 17.0 Å². The van der Waals surface area contributed by atoms with Gasteiger partial charge in [-0.25, -0.2) is 19.4 Å². The molecule has 5 heterocycles. The van der Waals surface area contributed by atoms with Gasteiger partial charge in [0.2, 0.25) is 5.97 Å². The molecule has 0 saturated heterocycles. The first-order valence-electron chi connectivity index (χ1n) is 10.2. The minimum atomic E-state index is -1.76. The summed E-state index contributed by atoms with van der Waals surface area (Å²) in [5, 5.41) is 39.3. The van der Waals surface area contributed by atoms with Gasteiger partial charge in [-0.2, -0.15) is 0 Å². The second-order valence-electron chi connectivity index (χ2n) is 7.71.